The summed E-state index contributed by atoms with van der Waals surface area (Å²) in [6.07, 6.45) is 0. The van der Waals surface area contributed by atoms with Crippen LogP contribution in [0, 0.1) is 0 Å². The van der Waals surface area contributed by atoms with Crippen molar-refractivity contribution in [2.75, 3.05) is 24.3 Å². The van der Waals surface area contributed by atoms with E-state index in [9.17, 15) is 13.2 Å². The van der Waals surface area contributed by atoms with Gasteiger partial charge in [0.25, 0.3) is 15.9 Å². The van der Waals surface area contributed by atoms with Crippen molar-refractivity contribution in [2.24, 2.45) is 0 Å². The van der Waals surface area contributed by atoms with Gasteiger partial charge in [0.1, 0.15) is 16.4 Å². The fourth-order valence-corrected chi connectivity index (χ4v) is 3.84. The van der Waals surface area contributed by atoms with Crippen molar-refractivity contribution in [1.29, 1.82) is 0 Å². The van der Waals surface area contributed by atoms with Crippen molar-refractivity contribution in [3.05, 3.63) is 78.4 Å². The van der Waals surface area contributed by atoms with Crippen LogP contribution in [0.25, 0.3) is 0 Å². The number of ether oxygens (including phenoxy) is 2. The normalized spacial score (nSPS) is 10.8. The Hall–Kier alpha value is -3.52. The van der Waals surface area contributed by atoms with Crippen LogP contribution < -0.4 is 19.5 Å². The second kappa shape index (κ2) is 8.66. The predicted molar refractivity (Wildman–Crippen MR) is 111 cm³/mol. The van der Waals surface area contributed by atoms with Crippen molar-refractivity contribution in [3.8, 4) is 11.5 Å². The average molecular weight is 412 g/mol. The molecule has 2 N–H and O–H groups in total. The molecule has 0 saturated heterocycles. The van der Waals surface area contributed by atoms with Crippen LogP contribution in [0.4, 0.5) is 11.4 Å². The molecule has 0 radical (unpaired) electrons. The molecule has 1 amide bonds. The first-order valence-corrected chi connectivity index (χ1v) is 10.1. The molecule has 3 aromatic rings. The molecule has 3 rings (SSSR count). The number of sulfonamides is 1. The van der Waals surface area contributed by atoms with Gasteiger partial charge in [-0.1, -0.05) is 18.2 Å². The number of benzene rings is 3. The van der Waals surface area contributed by atoms with E-state index in [1.807, 2.05) is 6.07 Å². The second-order valence-corrected chi connectivity index (χ2v) is 7.67. The van der Waals surface area contributed by atoms with Crippen LogP contribution in [0.3, 0.4) is 0 Å². The van der Waals surface area contributed by atoms with Gasteiger partial charge in [-0.3, -0.25) is 9.52 Å². The lowest BCUT2D eigenvalue weighted by atomic mass is 10.2. The standard InChI is InChI=1S/C21H20N2O5S/c1-27-18-11-8-16(9-12-18)23-29(25,26)20-13-10-17(14-19(20)28-2)22-21(24)15-6-4-3-5-7-15/h3-14,23H,1-2H3,(H,22,24). The van der Waals surface area contributed by atoms with Crippen LogP contribution in [0.5, 0.6) is 11.5 Å². The van der Waals surface area contributed by atoms with Gasteiger partial charge in [-0.25, -0.2) is 8.42 Å². The van der Waals surface area contributed by atoms with Crippen molar-refractivity contribution in [1.82, 2.24) is 0 Å². The summed E-state index contributed by atoms with van der Waals surface area (Å²) in [5.41, 5.74) is 1.29. The number of amides is 1. The molecule has 0 aliphatic carbocycles. The predicted octanol–water partition coefficient (Wildman–Crippen LogP) is 3.76. The number of hydrogen-bond donors (Lipinski definition) is 2. The fourth-order valence-electron chi connectivity index (χ4n) is 2.63. The summed E-state index contributed by atoms with van der Waals surface area (Å²) < 4.78 is 38.4. The van der Waals surface area contributed by atoms with Gasteiger partial charge in [0.2, 0.25) is 0 Å². The van der Waals surface area contributed by atoms with Crippen molar-refractivity contribution in [3.63, 3.8) is 0 Å². The van der Waals surface area contributed by atoms with E-state index in [2.05, 4.69) is 10.0 Å². The van der Waals surface area contributed by atoms with Gasteiger partial charge in [0, 0.05) is 23.0 Å². The van der Waals surface area contributed by atoms with E-state index in [1.165, 1.54) is 32.4 Å². The van der Waals surface area contributed by atoms with E-state index in [4.69, 9.17) is 9.47 Å². The average Bonchev–Trinajstić information content (AvgIpc) is 2.74. The summed E-state index contributed by atoms with van der Waals surface area (Å²) in [5, 5.41) is 2.73. The molecule has 3 aromatic carbocycles. The zero-order valence-corrected chi connectivity index (χ0v) is 16.7. The van der Waals surface area contributed by atoms with E-state index < -0.39 is 10.0 Å². The summed E-state index contributed by atoms with van der Waals surface area (Å²) in [6, 6.07) is 19.5. The van der Waals surface area contributed by atoms with Crippen LogP contribution in [-0.4, -0.2) is 28.5 Å². The van der Waals surface area contributed by atoms with Crippen molar-refractivity contribution < 1.29 is 22.7 Å². The Bertz CT molecular complexity index is 1100. The SMILES string of the molecule is COc1ccc(NS(=O)(=O)c2ccc(NC(=O)c3ccccc3)cc2OC)cc1. The number of methoxy groups -OCH3 is 2. The van der Waals surface area contributed by atoms with Crippen LogP contribution in [0.1, 0.15) is 10.4 Å². The Morgan fingerprint density at radius 3 is 2.10 bits per heavy atom. The van der Waals surface area contributed by atoms with E-state index in [-0.39, 0.29) is 16.6 Å². The Labute approximate surface area is 169 Å². The molecular formula is C21H20N2O5S. The Balaban J connectivity index is 1.82. The molecule has 29 heavy (non-hydrogen) atoms. The molecule has 150 valence electrons. The number of anilines is 2. The number of nitrogens with one attached hydrogen (secondary N) is 2. The Kier molecular flexibility index (Phi) is 6.04. The third-order valence-electron chi connectivity index (χ3n) is 4.09. The molecule has 0 unspecified atom stereocenters. The number of rotatable bonds is 7. The second-order valence-electron chi connectivity index (χ2n) is 6.02. The molecule has 0 heterocycles. The molecule has 0 bridgehead atoms. The lowest BCUT2D eigenvalue weighted by molar-refractivity contribution is 0.102. The first-order chi connectivity index (χ1) is 13.9. The molecule has 8 heteroatoms. The van der Waals surface area contributed by atoms with Crippen molar-refractivity contribution in [2.45, 2.75) is 4.90 Å². The molecule has 7 nitrogen and oxygen atoms in total. The molecular weight excluding hydrogens is 392 g/mol. The first kappa shape index (κ1) is 20.2. The van der Waals surface area contributed by atoms with Crippen LogP contribution in [-0.2, 0) is 10.0 Å². The minimum absolute atomic E-state index is 0.0477. The molecule has 0 saturated carbocycles. The number of carbonyl (C=O) groups is 1. The van der Waals surface area contributed by atoms with Gasteiger partial charge < -0.3 is 14.8 Å². The molecule has 0 aliphatic rings. The lowest BCUT2D eigenvalue weighted by Gasteiger charge is -2.14. The molecule has 0 spiro atoms. The summed E-state index contributed by atoms with van der Waals surface area (Å²) in [5.74, 6) is 0.417. The highest BCUT2D eigenvalue weighted by molar-refractivity contribution is 7.92. The van der Waals surface area contributed by atoms with E-state index >= 15 is 0 Å². The summed E-state index contributed by atoms with van der Waals surface area (Å²) in [4.78, 5) is 12.2. The third kappa shape index (κ3) is 4.85. The van der Waals surface area contributed by atoms with Crippen molar-refractivity contribution >= 4 is 27.3 Å². The van der Waals surface area contributed by atoms with E-state index in [0.717, 1.165) is 0 Å². The van der Waals surface area contributed by atoms with Gasteiger partial charge >= 0.3 is 0 Å². The van der Waals surface area contributed by atoms with Gasteiger partial charge in [-0.2, -0.15) is 0 Å². The maximum absolute atomic E-state index is 12.8. The van der Waals surface area contributed by atoms with Gasteiger partial charge in [-0.15, -0.1) is 0 Å². The summed E-state index contributed by atoms with van der Waals surface area (Å²) in [6.45, 7) is 0. The van der Waals surface area contributed by atoms with Crippen LogP contribution in [0.15, 0.2) is 77.7 Å². The van der Waals surface area contributed by atoms with Crippen LogP contribution >= 0.6 is 0 Å². The first-order valence-electron chi connectivity index (χ1n) is 8.64. The zero-order chi connectivity index (χ0) is 20.9. The highest BCUT2D eigenvalue weighted by atomic mass is 32.2. The molecule has 0 fully saturated rings. The molecule has 0 atom stereocenters. The summed E-state index contributed by atoms with van der Waals surface area (Å²) in [7, 11) is -1.01. The molecule has 0 aliphatic heterocycles. The number of carbonyl (C=O) groups excluding carboxylic acids is 1. The fraction of sp³-hybridized carbons (Fsp3) is 0.0952. The third-order valence-corrected chi connectivity index (χ3v) is 5.51. The highest BCUT2D eigenvalue weighted by Crippen LogP contribution is 2.29. The largest absolute Gasteiger partial charge is 0.497 e. The topological polar surface area (TPSA) is 93.7 Å². The monoisotopic (exact) mass is 412 g/mol. The van der Waals surface area contributed by atoms with E-state index in [1.54, 1.807) is 48.5 Å². The maximum atomic E-state index is 12.8. The van der Waals surface area contributed by atoms with Gasteiger partial charge in [-0.05, 0) is 48.5 Å². The smallest absolute Gasteiger partial charge is 0.265 e. The van der Waals surface area contributed by atoms with Crippen LogP contribution in [0.2, 0.25) is 0 Å². The lowest BCUT2D eigenvalue weighted by Crippen LogP contribution is -2.15. The highest BCUT2D eigenvalue weighted by Gasteiger charge is 2.20. The number of hydrogen-bond acceptors (Lipinski definition) is 5. The zero-order valence-electron chi connectivity index (χ0n) is 15.9. The molecule has 0 aromatic heterocycles. The maximum Gasteiger partial charge on any atom is 0.265 e. The Morgan fingerprint density at radius 2 is 1.48 bits per heavy atom. The van der Waals surface area contributed by atoms with E-state index in [0.29, 0.717) is 22.7 Å². The minimum atomic E-state index is -3.90. The van der Waals surface area contributed by atoms with Gasteiger partial charge in [0.15, 0.2) is 0 Å². The quantitative estimate of drug-likeness (QED) is 0.616. The van der Waals surface area contributed by atoms with Gasteiger partial charge in [0.05, 0.1) is 14.2 Å². The summed E-state index contributed by atoms with van der Waals surface area (Å²) >= 11 is 0. The minimum Gasteiger partial charge on any atom is -0.497 e. The Morgan fingerprint density at radius 1 is 0.828 bits per heavy atom.